The summed E-state index contributed by atoms with van der Waals surface area (Å²) < 4.78 is 11.1. The molecule has 3 aromatic rings. The van der Waals surface area contributed by atoms with Gasteiger partial charge in [-0.3, -0.25) is 15.4 Å². The van der Waals surface area contributed by atoms with Crippen LogP contribution in [0.5, 0.6) is 0 Å². The highest BCUT2D eigenvalue weighted by molar-refractivity contribution is 5.61. The summed E-state index contributed by atoms with van der Waals surface area (Å²) in [5.41, 5.74) is 0.522. The van der Waals surface area contributed by atoms with E-state index in [0.29, 0.717) is 35.3 Å². The van der Waals surface area contributed by atoms with Gasteiger partial charge in [0.1, 0.15) is 11.5 Å². The van der Waals surface area contributed by atoms with E-state index in [1.807, 2.05) is 33.8 Å². The van der Waals surface area contributed by atoms with Crippen molar-refractivity contribution in [2.75, 3.05) is 0 Å². The van der Waals surface area contributed by atoms with Crippen LogP contribution < -0.4 is 5.32 Å². The Hall–Kier alpha value is -3.00. The van der Waals surface area contributed by atoms with Crippen LogP contribution in [0, 0.1) is 10.1 Å². The summed E-state index contributed by atoms with van der Waals surface area (Å²) in [5.74, 6) is 2.47. The number of rotatable bonds is 6. The monoisotopic (exact) mass is 370 g/mol. The zero-order valence-corrected chi connectivity index (χ0v) is 15.7. The van der Waals surface area contributed by atoms with Gasteiger partial charge >= 0.3 is 0 Å². The molecule has 0 aliphatic carbocycles. The second-order valence-electron chi connectivity index (χ2n) is 7.38. The number of non-ortho nitro benzene ring substituents is 1. The molecule has 8 nitrogen and oxygen atoms in total. The van der Waals surface area contributed by atoms with E-state index in [1.54, 1.807) is 18.2 Å². The van der Waals surface area contributed by atoms with E-state index < -0.39 is 4.92 Å². The van der Waals surface area contributed by atoms with Gasteiger partial charge in [0.05, 0.1) is 17.5 Å². The Labute approximate surface area is 156 Å². The molecular formula is C19H22N4O4. The van der Waals surface area contributed by atoms with E-state index >= 15 is 0 Å². The molecule has 0 amide bonds. The van der Waals surface area contributed by atoms with Crippen molar-refractivity contribution in [3.05, 3.63) is 64.0 Å². The second-order valence-corrected chi connectivity index (χ2v) is 7.38. The third-order valence-corrected chi connectivity index (χ3v) is 4.07. The summed E-state index contributed by atoms with van der Waals surface area (Å²) in [6, 6.07) is 9.85. The van der Waals surface area contributed by atoms with Crippen LogP contribution in [-0.4, -0.2) is 15.1 Å². The van der Waals surface area contributed by atoms with Crippen LogP contribution in [0.15, 0.2) is 45.3 Å². The predicted molar refractivity (Wildman–Crippen MR) is 99.1 cm³/mol. The summed E-state index contributed by atoms with van der Waals surface area (Å²) in [7, 11) is 0. The molecule has 0 bridgehead atoms. The molecule has 0 radical (unpaired) electrons. The molecule has 0 saturated heterocycles. The van der Waals surface area contributed by atoms with Crippen molar-refractivity contribution >= 4 is 5.69 Å². The average molecular weight is 370 g/mol. The number of aromatic nitrogens is 2. The molecule has 2 heterocycles. The maximum atomic E-state index is 10.9. The van der Waals surface area contributed by atoms with E-state index in [9.17, 15) is 10.1 Å². The van der Waals surface area contributed by atoms with Crippen molar-refractivity contribution in [2.45, 2.75) is 45.7 Å². The first-order chi connectivity index (χ1) is 12.7. The van der Waals surface area contributed by atoms with Crippen LogP contribution in [0.3, 0.4) is 0 Å². The zero-order valence-electron chi connectivity index (χ0n) is 15.7. The first-order valence-corrected chi connectivity index (χ1v) is 8.65. The molecule has 1 unspecified atom stereocenters. The number of benzene rings is 1. The Kier molecular flexibility index (Phi) is 5.09. The molecule has 0 aliphatic rings. The Morgan fingerprint density at radius 2 is 2.04 bits per heavy atom. The Balaban J connectivity index is 1.65. The number of furan rings is 1. The first-order valence-electron chi connectivity index (χ1n) is 8.65. The molecule has 1 N–H and O–H groups in total. The Morgan fingerprint density at radius 1 is 1.26 bits per heavy atom. The number of nitro benzene ring substituents is 1. The molecule has 2 aromatic heterocycles. The van der Waals surface area contributed by atoms with Gasteiger partial charge < -0.3 is 8.94 Å². The van der Waals surface area contributed by atoms with Gasteiger partial charge in [0.25, 0.3) is 5.69 Å². The molecule has 0 saturated carbocycles. The number of hydrogen-bond donors (Lipinski definition) is 1. The lowest BCUT2D eigenvalue weighted by Gasteiger charge is -2.11. The number of nitrogens with zero attached hydrogens (tertiary/aromatic N) is 3. The van der Waals surface area contributed by atoms with Crippen LogP contribution in [0.25, 0.3) is 11.3 Å². The minimum atomic E-state index is -0.424. The molecule has 1 aromatic carbocycles. The predicted octanol–water partition coefficient (Wildman–Crippen LogP) is 4.39. The first kappa shape index (κ1) is 18.8. The van der Waals surface area contributed by atoms with Crippen molar-refractivity contribution in [3.8, 4) is 11.3 Å². The molecule has 3 rings (SSSR count). The number of nitrogens with one attached hydrogen (secondary N) is 1. The summed E-state index contributed by atoms with van der Waals surface area (Å²) in [4.78, 5) is 14.9. The maximum absolute atomic E-state index is 10.9. The second kappa shape index (κ2) is 7.32. The van der Waals surface area contributed by atoms with Crippen molar-refractivity contribution in [1.29, 1.82) is 0 Å². The van der Waals surface area contributed by atoms with Gasteiger partial charge in [-0.15, -0.1) is 0 Å². The highest BCUT2D eigenvalue weighted by Gasteiger charge is 2.23. The van der Waals surface area contributed by atoms with Gasteiger partial charge in [-0.05, 0) is 19.1 Å². The van der Waals surface area contributed by atoms with Crippen LogP contribution in [0.1, 0.15) is 51.2 Å². The van der Waals surface area contributed by atoms with E-state index in [4.69, 9.17) is 8.94 Å². The van der Waals surface area contributed by atoms with Crippen LogP contribution in [0.4, 0.5) is 5.69 Å². The Morgan fingerprint density at radius 3 is 2.70 bits per heavy atom. The van der Waals surface area contributed by atoms with E-state index in [2.05, 4.69) is 15.5 Å². The van der Waals surface area contributed by atoms with Gasteiger partial charge in [-0.1, -0.05) is 38.1 Å². The third kappa shape index (κ3) is 4.40. The molecule has 0 fully saturated rings. The maximum Gasteiger partial charge on any atom is 0.270 e. The van der Waals surface area contributed by atoms with Gasteiger partial charge in [-0.25, -0.2) is 0 Å². The molecule has 1 atom stereocenters. The van der Waals surface area contributed by atoms with Crippen molar-refractivity contribution in [1.82, 2.24) is 15.5 Å². The molecule has 27 heavy (non-hydrogen) atoms. The lowest BCUT2D eigenvalue weighted by molar-refractivity contribution is -0.384. The Bertz CT molecular complexity index is 939. The van der Waals surface area contributed by atoms with Crippen LogP contribution in [0.2, 0.25) is 0 Å². The normalized spacial score (nSPS) is 12.9. The highest BCUT2D eigenvalue weighted by Crippen LogP contribution is 2.26. The minimum Gasteiger partial charge on any atom is -0.460 e. The molecule has 8 heteroatoms. The smallest absolute Gasteiger partial charge is 0.270 e. The topological polar surface area (TPSA) is 107 Å². The van der Waals surface area contributed by atoms with Crippen molar-refractivity contribution in [3.63, 3.8) is 0 Å². The highest BCUT2D eigenvalue weighted by atomic mass is 16.6. The molecule has 0 spiro atoms. The fourth-order valence-electron chi connectivity index (χ4n) is 2.46. The van der Waals surface area contributed by atoms with Gasteiger partial charge in [0, 0.05) is 23.1 Å². The minimum absolute atomic E-state index is 0.0308. The lowest BCUT2D eigenvalue weighted by Crippen LogP contribution is -2.19. The molecular weight excluding hydrogens is 348 g/mol. The fourth-order valence-corrected chi connectivity index (χ4v) is 2.46. The molecule has 142 valence electrons. The summed E-state index contributed by atoms with van der Waals surface area (Å²) in [6.07, 6.45) is 0. The lowest BCUT2D eigenvalue weighted by atomic mass is 9.96. The van der Waals surface area contributed by atoms with Gasteiger partial charge in [-0.2, -0.15) is 4.98 Å². The van der Waals surface area contributed by atoms with Crippen LogP contribution >= 0.6 is 0 Å². The van der Waals surface area contributed by atoms with Crippen molar-refractivity contribution in [2.24, 2.45) is 0 Å². The zero-order chi connectivity index (χ0) is 19.6. The SMILES string of the molecule is CC(NCc1ccc(-c2cccc([N+](=O)[O-])c2)o1)c1nc(C(C)(C)C)no1. The summed E-state index contributed by atoms with van der Waals surface area (Å²) >= 11 is 0. The van der Waals surface area contributed by atoms with Gasteiger partial charge in [0.15, 0.2) is 5.82 Å². The average Bonchev–Trinajstić information content (AvgIpc) is 3.29. The quantitative estimate of drug-likeness (QED) is 0.506. The fraction of sp³-hybridized carbons (Fsp3) is 0.368. The van der Waals surface area contributed by atoms with Gasteiger partial charge in [0.2, 0.25) is 5.89 Å². The number of hydrogen-bond acceptors (Lipinski definition) is 7. The molecule has 0 aliphatic heterocycles. The van der Waals surface area contributed by atoms with E-state index in [0.717, 1.165) is 0 Å². The standard InChI is InChI=1S/C19H22N4O4/c1-12(17-21-18(22-27-17)19(2,3)4)20-11-15-8-9-16(26-15)13-6-5-7-14(10-13)23(24)25/h5-10,12,20H,11H2,1-4H3. The van der Waals surface area contributed by atoms with E-state index in [-0.39, 0.29) is 17.1 Å². The summed E-state index contributed by atoms with van der Waals surface area (Å²) in [6.45, 7) is 8.47. The van der Waals surface area contributed by atoms with Crippen LogP contribution in [-0.2, 0) is 12.0 Å². The van der Waals surface area contributed by atoms with E-state index in [1.165, 1.54) is 12.1 Å². The van der Waals surface area contributed by atoms with Crippen molar-refractivity contribution < 1.29 is 13.9 Å². The summed E-state index contributed by atoms with van der Waals surface area (Å²) in [5, 5.41) is 18.2. The third-order valence-electron chi connectivity index (χ3n) is 4.07. The largest absolute Gasteiger partial charge is 0.460 e. The number of nitro groups is 1.